The van der Waals surface area contributed by atoms with Crippen molar-refractivity contribution in [3.8, 4) is 0 Å². The van der Waals surface area contributed by atoms with Crippen LogP contribution in [0.3, 0.4) is 0 Å². The summed E-state index contributed by atoms with van der Waals surface area (Å²) in [5.41, 5.74) is 0. The monoisotopic (exact) mass is 232 g/mol. The third-order valence-corrected chi connectivity index (χ3v) is 1.60. The minimum absolute atomic E-state index is 0.392. The van der Waals surface area contributed by atoms with Gasteiger partial charge in [-0.25, -0.2) is 17.6 Å². The van der Waals surface area contributed by atoms with Gasteiger partial charge in [0.15, 0.2) is 0 Å². The van der Waals surface area contributed by atoms with Gasteiger partial charge in [-0.15, -0.1) is 0 Å². The second-order valence-electron chi connectivity index (χ2n) is 3.12. The normalized spacial score (nSPS) is 27.6. The van der Waals surface area contributed by atoms with Crippen molar-refractivity contribution in [1.82, 2.24) is 0 Å². The highest BCUT2D eigenvalue weighted by atomic mass is 19.3. The van der Waals surface area contributed by atoms with E-state index in [-0.39, 0.29) is 0 Å². The Morgan fingerprint density at radius 3 is 1.47 bits per heavy atom. The first kappa shape index (κ1) is 12.7. The van der Waals surface area contributed by atoms with Gasteiger partial charge < -0.3 is 14.2 Å². The number of hydrogen-bond acceptors (Lipinski definition) is 3. The highest BCUT2D eigenvalue weighted by Crippen LogP contribution is 2.12. The number of ether oxygens (including phenoxy) is 3. The van der Waals surface area contributed by atoms with Crippen LogP contribution < -0.4 is 0 Å². The second-order valence-corrected chi connectivity index (χ2v) is 3.12. The van der Waals surface area contributed by atoms with Crippen LogP contribution in [0.4, 0.5) is 17.6 Å². The lowest BCUT2D eigenvalue weighted by molar-refractivity contribution is -0.0278. The van der Waals surface area contributed by atoms with Crippen molar-refractivity contribution in [3.05, 3.63) is 0 Å². The minimum Gasteiger partial charge on any atom is -0.376 e. The van der Waals surface area contributed by atoms with E-state index in [0.29, 0.717) is 12.2 Å². The van der Waals surface area contributed by atoms with Gasteiger partial charge in [0.2, 0.25) is 0 Å². The fourth-order valence-electron chi connectivity index (χ4n) is 0.659. The highest BCUT2D eigenvalue weighted by Gasteiger charge is 2.26. The van der Waals surface area contributed by atoms with E-state index in [1.807, 2.05) is 0 Å². The van der Waals surface area contributed by atoms with Crippen LogP contribution >= 0.6 is 0 Å². The van der Waals surface area contributed by atoms with Crippen LogP contribution in [-0.2, 0) is 14.2 Å². The number of epoxide rings is 2. The number of rotatable bonds is 5. The predicted molar refractivity (Wildman–Crippen MR) is 42.3 cm³/mol. The van der Waals surface area contributed by atoms with Crippen LogP contribution in [0.15, 0.2) is 0 Å². The average molecular weight is 232 g/mol. The van der Waals surface area contributed by atoms with E-state index in [9.17, 15) is 17.6 Å². The summed E-state index contributed by atoms with van der Waals surface area (Å²) in [6.45, 7) is 3.26. The van der Waals surface area contributed by atoms with E-state index in [1.165, 1.54) is 0 Å². The smallest absolute Gasteiger partial charge is 0.298 e. The summed E-state index contributed by atoms with van der Waals surface area (Å²) in [4.78, 5) is 0. The maximum absolute atomic E-state index is 10.4. The second kappa shape index (κ2) is 6.24. The lowest BCUT2D eigenvalue weighted by atomic mass is 10.5. The van der Waals surface area contributed by atoms with Crippen LogP contribution in [0.25, 0.3) is 0 Å². The standard InChI is InChI=1S/C6H10O3.C2H2F4/c1(5-3-8-5)7-2-6-4-9-6;3-1(4)2(5)6/h5-6H,1-4H2;1-2H. The molecule has 3 nitrogen and oxygen atoms in total. The Labute approximate surface area is 84.3 Å². The average Bonchev–Trinajstić information content (AvgIpc) is 2.99. The van der Waals surface area contributed by atoms with Gasteiger partial charge >= 0.3 is 0 Å². The van der Waals surface area contributed by atoms with Crippen LogP contribution in [0.5, 0.6) is 0 Å². The van der Waals surface area contributed by atoms with Gasteiger partial charge in [-0.05, 0) is 0 Å². The van der Waals surface area contributed by atoms with E-state index in [0.717, 1.165) is 26.4 Å². The quantitative estimate of drug-likeness (QED) is 0.529. The molecular formula is C8H12F4O3. The zero-order chi connectivity index (χ0) is 11.3. The summed E-state index contributed by atoms with van der Waals surface area (Å²) in [7, 11) is 0. The Hall–Kier alpha value is -0.400. The van der Waals surface area contributed by atoms with Gasteiger partial charge in [-0.2, -0.15) is 0 Å². The number of alkyl halides is 4. The summed E-state index contributed by atoms with van der Waals surface area (Å²) in [6, 6.07) is 0. The van der Waals surface area contributed by atoms with Gasteiger partial charge in [-0.3, -0.25) is 0 Å². The minimum atomic E-state index is -3.48. The number of hydrogen-bond donors (Lipinski definition) is 0. The van der Waals surface area contributed by atoms with E-state index in [4.69, 9.17) is 14.2 Å². The maximum atomic E-state index is 10.4. The summed E-state index contributed by atoms with van der Waals surface area (Å²) in [6.07, 6.45) is -6.18. The molecule has 2 fully saturated rings. The topological polar surface area (TPSA) is 34.3 Å². The third kappa shape index (κ3) is 7.52. The van der Waals surface area contributed by atoms with E-state index in [1.54, 1.807) is 0 Å². The molecule has 0 radical (unpaired) electrons. The van der Waals surface area contributed by atoms with Gasteiger partial charge in [0.1, 0.15) is 12.2 Å². The third-order valence-electron chi connectivity index (χ3n) is 1.60. The van der Waals surface area contributed by atoms with Crippen molar-refractivity contribution in [2.45, 2.75) is 25.1 Å². The molecule has 90 valence electrons. The molecule has 2 heterocycles. The molecule has 7 heteroatoms. The van der Waals surface area contributed by atoms with Crippen molar-refractivity contribution >= 4 is 0 Å². The maximum Gasteiger partial charge on any atom is 0.298 e. The lowest BCUT2D eigenvalue weighted by Gasteiger charge is -1.95. The van der Waals surface area contributed by atoms with Crippen LogP contribution in [-0.4, -0.2) is 51.5 Å². The molecule has 0 aromatic heterocycles. The van der Waals surface area contributed by atoms with E-state index < -0.39 is 12.9 Å². The zero-order valence-corrected chi connectivity index (χ0v) is 7.87. The summed E-state index contributed by atoms with van der Waals surface area (Å²) < 4.78 is 56.8. The van der Waals surface area contributed by atoms with Crippen molar-refractivity contribution in [2.24, 2.45) is 0 Å². The molecule has 0 aromatic carbocycles. The molecular weight excluding hydrogens is 220 g/mol. The van der Waals surface area contributed by atoms with Gasteiger partial charge in [-0.1, -0.05) is 0 Å². The van der Waals surface area contributed by atoms with E-state index >= 15 is 0 Å². The Bertz CT molecular complexity index is 153. The fourth-order valence-corrected chi connectivity index (χ4v) is 0.659. The summed E-state index contributed by atoms with van der Waals surface area (Å²) in [5, 5.41) is 0. The molecule has 2 aliphatic rings. The first-order valence-corrected chi connectivity index (χ1v) is 4.47. The summed E-state index contributed by atoms with van der Waals surface area (Å²) in [5.74, 6) is 0. The Balaban J connectivity index is 0.000000167. The van der Waals surface area contributed by atoms with Crippen molar-refractivity contribution in [2.75, 3.05) is 26.4 Å². The molecule has 2 rings (SSSR count). The van der Waals surface area contributed by atoms with Gasteiger partial charge in [0.25, 0.3) is 12.9 Å². The largest absolute Gasteiger partial charge is 0.376 e. The fraction of sp³-hybridized carbons (Fsp3) is 1.00. The van der Waals surface area contributed by atoms with Crippen LogP contribution in [0, 0.1) is 0 Å². The van der Waals surface area contributed by atoms with Crippen molar-refractivity contribution in [3.63, 3.8) is 0 Å². The SMILES string of the molecule is C(OCC1CO1)C1CO1.FC(F)C(F)F. The Kier molecular flexibility index (Phi) is 5.27. The molecule has 0 aliphatic carbocycles. The molecule has 0 bridgehead atoms. The molecule has 2 unspecified atom stereocenters. The molecule has 2 saturated heterocycles. The van der Waals surface area contributed by atoms with Crippen molar-refractivity contribution < 1.29 is 31.8 Å². The Morgan fingerprint density at radius 1 is 0.933 bits per heavy atom. The first-order chi connectivity index (χ1) is 7.09. The lowest BCUT2D eigenvalue weighted by Crippen LogP contribution is -2.06. The molecule has 0 saturated carbocycles. The van der Waals surface area contributed by atoms with Crippen molar-refractivity contribution in [1.29, 1.82) is 0 Å². The van der Waals surface area contributed by atoms with E-state index in [2.05, 4.69) is 0 Å². The molecule has 2 atom stereocenters. The van der Waals surface area contributed by atoms with Gasteiger partial charge in [0.05, 0.1) is 26.4 Å². The number of halogens is 4. The van der Waals surface area contributed by atoms with Gasteiger partial charge in [0, 0.05) is 0 Å². The molecule has 0 amide bonds. The zero-order valence-electron chi connectivity index (χ0n) is 7.87. The molecule has 0 aromatic rings. The van der Waals surface area contributed by atoms with Crippen LogP contribution in [0.2, 0.25) is 0 Å². The molecule has 0 N–H and O–H groups in total. The first-order valence-electron chi connectivity index (χ1n) is 4.47. The molecule has 15 heavy (non-hydrogen) atoms. The summed E-state index contributed by atoms with van der Waals surface area (Å²) >= 11 is 0. The highest BCUT2D eigenvalue weighted by molar-refractivity contribution is 4.71. The molecule has 2 aliphatic heterocycles. The molecule has 0 spiro atoms. The van der Waals surface area contributed by atoms with Crippen LogP contribution in [0.1, 0.15) is 0 Å². The Morgan fingerprint density at radius 2 is 1.27 bits per heavy atom. The predicted octanol–water partition coefficient (Wildman–Crippen LogP) is 1.32.